The number of aromatic hydroxyl groups is 1. The molecule has 9 heteroatoms. The van der Waals surface area contributed by atoms with Gasteiger partial charge in [0, 0.05) is 36.1 Å². The Kier molecular flexibility index (Phi) is 8.18. The lowest BCUT2D eigenvalue weighted by atomic mass is 9.81. The molecule has 0 saturated heterocycles. The van der Waals surface area contributed by atoms with E-state index in [2.05, 4.69) is 14.8 Å². The van der Waals surface area contributed by atoms with Gasteiger partial charge in [-0.05, 0) is 76.4 Å². The zero-order valence-electron chi connectivity index (χ0n) is 24.4. The zero-order valence-corrected chi connectivity index (χ0v) is 24.4. The smallest absolute Gasteiger partial charge is 0.407 e. The van der Waals surface area contributed by atoms with Crippen LogP contribution in [0.25, 0.3) is 22.2 Å². The first-order valence-electron chi connectivity index (χ1n) is 14.5. The summed E-state index contributed by atoms with van der Waals surface area (Å²) in [5.74, 6) is -0.107. The van der Waals surface area contributed by atoms with Gasteiger partial charge in [-0.1, -0.05) is 31.4 Å². The van der Waals surface area contributed by atoms with Gasteiger partial charge in [-0.3, -0.25) is 4.90 Å². The zero-order chi connectivity index (χ0) is 29.3. The Morgan fingerprint density at radius 2 is 1.90 bits per heavy atom. The van der Waals surface area contributed by atoms with Gasteiger partial charge in [0.1, 0.15) is 12.2 Å². The van der Waals surface area contributed by atoms with Crippen LogP contribution < -0.4 is 10.1 Å². The number of phenols is 1. The molecule has 0 spiro atoms. The summed E-state index contributed by atoms with van der Waals surface area (Å²) >= 11 is 0. The van der Waals surface area contributed by atoms with Crippen LogP contribution >= 0.6 is 0 Å². The number of carboxylic acids is 1. The molecule has 220 valence electrons. The number of benzene rings is 2. The Balaban J connectivity index is 1.57. The van der Waals surface area contributed by atoms with Gasteiger partial charge in [0.25, 0.3) is 0 Å². The number of nitrogens with zero attached hydrogens (tertiary/aromatic N) is 2. The minimum absolute atomic E-state index is 0.0787. The lowest BCUT2D eigenvalue weighted by molar-refractivity contribution is 0.0516. The van der Waals surface area contributed by atoms with Crippen LogP contribution in [0.4, 0.5) is 4.79 Å². The number of hydrogen-bond donors (Lipinski definition) is 3. The van der Waals surface area contributed by atoms with Crippen LogP contribution in [0.5, 0.6) is 11.5 Å². The number of carbonyl (C=O) groups is 2. The van der Waals surface area contributed by atoms with Crippen molar-refractivity contribution in [2.24, 2.45) is 0 Å². The van der Waals surface area contributed by atoms with Crippen molar-refractivity contribution in [2.75, 3.05) is 26.7 Å². The van der Waals surface area contributed by atoms with Crippen molar-refractivity contribution in [3.05, 3.63) is 47.5 Å². The molecule has 3 N–H and O–H groups in total. The van der Waals surface area contributed by atoms with Crippen LogP contribution in [0.2, 0.25) is 0 Å². The molecule has 2 aliphatic rings. The summed E-state index contributed by atoms with van der Waals surface area (Å²) in [5, 5.41) is 24.6. The van der Waals surface area contributed by atoms with Gasteiger partial charge in [0.2, 0.25) is 0 Å². The van der Waals surface area contributed by atoms with Gasteiger partial charge >= 0.3 is 12.1 Å². The van der Waals surface area contributed by atoms with E-state index in [0.717, 1.165) is 47.8 Å². The van der Waals surface area contributed by atoms with E-state index in [-0.39, 0.29) is 17.4 Å². The SMILES string of the molecule is CN(CCNC(=O)OC(C)(C)C)[C@H]1COc2c(O)cccc2-c2c(C3CCCCC3)c3ccc(C(=O)O)cc3n2C1. The Morgan fingerprint density at radius 3 is 2.61 bits per heavy atom. The molecular formula is C32H41N3O6. The van der Waals surface area contributed by atoms with E-state index in [1.807, 2.05) is 46.0 Å². The van der Waals surface area contributed by atoms with Gasteiger partial charge in [0.05, 0.1) is 17.3 Å². The third kappa shape index (κ3) is 6.15. The van der Waals surface area contributed by atoms with Gasteiger partial charge in [-0.25, -0.2) is 9.59 Å². The highest BCUT2D eigenvalue weighted by Crippen LogP contribution is 2.48. The number of hydrogen-bond acceptors (Lipinski definition) is 6. The summed E-state index contributed by atoms with van der Waals surface area (Å²) in [6.07, 6.45) is 5.21. The van der Waals surface area contributed by atoms with E-state index in [0.29, 0.717) is 37.9 Å². The summed E-state index contributed by atoms with van der Waals surface area (Å²) < 4.78 is 13.9. The first kappa shape index (κ1) is 28.8. The lowest BCUT2D eigenvalue weighted by Crippen LogP contribution is -2.44. The number of fused-ring (bicyclic) bond motifs is 5. The fourth-order valence-electron chi connectivity index (χ4n) is 6.20. The summed E-state index contributed by atoms with van der Waals surface area (Å²) in [5.41, 5.74) is 3.57. The van der Waals surface area contributed by atoms with Crippen LogP contribution in [-0.2, 0) is 11.3 Å². The molecule has 41 heavy (non-hydrogen) atoms. The summed E-state index contributed by atoms with van der Waals surface area (Å²) in [6, 6.07) is 10.8. The van der Waals surface area contributed by atoms with Gasteiger partial charge in [-0.15, -0.1) is 0 Å². The highest BCUT2D eigenvalue weighted by atomic mass is 16.6. The molecule has 1 amide bonds. The largest absolute Gasteiger partial charge is 0.504 e. The van der Waals surface area contributed by atoms with Crippen molar-refractivity contribution in [1.82, 2.24) is 14.8 Å². The molecule has 9 nitrogen and oxygen atoms in total. The van der Waals surface area contributed by atoms with Gasteiger partial charge < -0.3 is 29.6 Å². The van der Waals surface area contributed by atoms with Crippen molar-refractivity contribution in [1.29, 1.82) is 0 Å². The average molecular weight is 564 g/mol. The highest BCUT2D eigenvalue weighted by molar-refractivity contribution is 5.99. The Bertz CT molecular complexity index is 1430. The molecule has 1 atom stereocenters. The van der Waals surface area contributed by atoms with Crippen molar-refractivity contribution >= 4 is 23.0 Å². The number of aromatic nitrogens is 1. The van der Waals surface area contributed by atoms with Crippen LogP contribution in [-0.4, -0.2) is 70.1 Å². The number of likely N-dealkylation sites (N-methyl/N-ethyl adjacent to an activating group) is 1. The van der Waals surface area contributed by atoms with E-state index in [9.17, 15) is 19.8 Å². The number of carboxylic acid groups (broad SMARTS) is 1. The molecule has 2 aromatic carbocycles. The maximum absolute atomic E-state index is 12.2. The maximum Gasteiger partial charge on any atom is 0.407 e. The Hall–Kier alpha value is -3.72. The highest BCUT2D eigenvalue weighted by Gasteiger charge is 2.32. The second-order valence-electron chi connectivity index (χ2n) is 12.3. The number of aromatic carboxylic acids is 1. The topological polar surface area (TPSA) is 113 Å². The molecule has 1 fully saturated rings. The third-order valence-electron chi connectivity index (χ3n) is 8.18. The number of amides is 1. The van der Waals surface area contributed by atoms with E-state index >= 15 is 0 Å². The predicted octanol–water partition coefficient (Wildman–Crippen LogP) is 5.98. The first-order chi connectivity index (χ1) is 19.5. The van der Waals surface area contributed by atoms with E-state index in [4.69, 9.17) is 9.47 Å². The molecule has 0 radical (unpaired) electrons. The second kappa shape index (κ2) is 11.6. The molecule has 2 heterocycles. The van der Waals surface area contributed by atoms with Gasteiger partial charge in [0.15, 0.2) is 11.5 Å². The number of ether oxygens (including phenoxy) is 2. The molecular weight excluding hydrogens is 522 g/mol. The number of phenolic OH excluding ortho intramolecular Hbond substituents is 1. The summed E-state index contributed by atoms with van der Waals surface area (Å²) in [7, 11) is 1.98. The first-order valence-corrected chi connectivity index (χ1v) is 14.5. The monoisotopic (exact) mass is 563 g/mol. The Morgan fingerprint density at radius 1 is 1.15 bits per heavy atom. The predicted molar refractivity (Wildman–Crippen MR) is 158 cm³/mol. The number of carbonyl (C=O) groups excluding carboxylic acids is 1. The molecule has 5 rings (SSSR count). The van der Waals surface area contributed by atoms with Crippen LogP contribution in [0, 0.1) is 0 Å². The molecule has 3 aromatic rings. The number of alkyl carbamates (subject to hydrolysis) is 1. The van der Waals surface area contributed by atoms with E-state index in [1.165, 1.54) is 12.0 Å². The number of rotatable bonds is 6. The average Bonchev–Trinajstić information content (AvgIpc) is 3.22. The number of para-hydroxylation sites is 1. The molecule has 1 saturated carbocycles. The lowest BCUT2D eigenvalue weighted by Gasteiger charge is -2.33. The normalized spacial score (nSPS) is 17.7. The van der Waals surface area contributed by atoms with E-state index in [1.54, 1.807) is 18.2 Å². The van der Waals surface area contributed by atoms with Crippen LogP contribution in [0.3, 0.4) is 0 Å². The van der Waals surface area contributed by atoms with Crippen molar-refractivity contribution in [3.8, 4) is 22.8 Å². The minimum atomic E-state index is -0.962. The van der Waals surface area contributed by atoms with Crippen LogP contribution in [0.1, 0.15) is 74.7 Å². The fourth-order valence-corrected chi connectivity index (χ4v) is 6.20. The molecule has 1 aliphatic heterocycles. The summed E-state index contributed by atoms with van der Waals surface area (Å²) in [4.78, 5) is 26.3. The van der Waals surface area contributed by atoms with Crippen LogP contribution in [0.15, 0.2) is 36.4 Å². The standard InChI is InChI=1S/C32H41N3O6/c1-32(2,3)41-31(39)33-15-16-34(4)22-18-35-25-17-21(30(37)38)13-14-23(25)27(20-9-6-5-7-10-20)28(35)24-11-8-12-26(36)29(24)40-19-22/h8,11-14,17,20,22,36H,5-7,9-10,15-16,18-19H2,1-4H3,(H,33,39)(H,37,38)/t22-/m1/s1. The van der Waals surface area contributed by atoms with Crippen molar-refractivity contribution in [2.45, 2.75) is 77.0 Å². The quantitative estimate of drug-likeness (QED) is 0.338. The molecule has 1 aromatic heterocycles. The molecule has 0 bridgehead atoms. The van der Waals surface area contributed by atoms with E-state index < -0.39 is 17.7 Å². The third-order valence-corrected chi connectivity index (χ3v) is 8.18. The molecule has 1 aliphatic carbocycles. The van der Waals surface area contributed by atoms with Crippen molar-refractivity contribution < 1.29 is 29.3 Å². The summed E-state index contributed by atoms with van der Waals surface area (Å²) in [6.45, 7) is 7.28. The fraction of sp³-hybridized carbons (Fsp3) is 0.500. The van der Waals surface area contributed by atoms with Crippen molar-refractivity contribution in [3.63, 3.8) is 0 Å². The second-order valence-corrected chi connectivity index (χ2v) is 12.3. The molecule has 0 unspecified atom stereocenters. The maximum atomic E-state index is 12.2. The van der Waals surface area contributed by atoms with Gasteiger partial charge in [-0.2, -0.15) is 0 Å². The minimum Gasteiger partial charge on any atom is -0.504 e. The number of nitrogens with one attached hydrogen (secondary N) is 1. The Labute approximate surface area is 241 Å².